The molecule has 160 valence electrons. The van der Waals surface area contributed by atoms with Crippen LogP contribution in [0.1, 0.15) is 5.56 Å². The van der Waals surface area contributed by atoms with Crippen molar-refractivity contribution < 1.29 is 4.74 Å². The van der Waals surface area contributed by atoms with Crippen LogP contribution in [-0.2, 0) is 6.54 Å². The minimum absolute atomic E-state index is 0.422. The lowest BCUT2D eigenvalue weighted by molar-refractivity contribution is 0.397. The molecule has 31 heavy (non-hydrogen) atoms. The second-order valence-corrected chi connectivity index (χ2v) is 7.60. The van der Waals surface area contributed by atoms with E-state index in [1.54, 1.807) is 7.11 Å². The zero-order valence-corrected chi connectivity index (χ0v) is 18.3. The number of ether oxygens (including phenoxy) is 1. The maximum Gasteiger partial charge on any atom is 0.234 e. The lowest BCUT2D eigenvalue weighted by Crippen LogP contribution is -2.46. The van der Waals surface area contributed by atoms with E-state index in [1.165, 1.54) is 5.69 Å². The van der Waals surface area contributed by atoms with Gasteiger partial charge in [-0.25, -0.2) is 0 Å². The Labute approximate surface area is 188 Å². The maximum absolute atomic E-state index is 5.42. The van der Waals surface area contributed by atoms with Gasteiger partial charge >= 0.3 is 0 Å². The van der Waals surface area contributed by atoms with Crippen molar-refractivity contribution >= 4 is 34.8 Å². The Morgan fingerprint density at radius 1 is 0.935 bits per heavy atom. The molecule has 1 aliphatic heterocycles. The predicted molar refractivity (Wildman–Crippen MR) is 129 cm³/mol. The van der Waals surface area contributed by atoms with Gasteiger partial charge in [0.05, 0.1) is 7.11 Å². The largest absolute Gasteiger partial charge is 0.481 e. The molecule has 0 atom stereocenters. The molecule has 0 spiro atoms. The molecule has 0 bridgehead atoms. The molecule has 2 N–H and O–H groups in total. The summed E-state index contributed by atoms with van der Waals surface area (Å²) >= 11 is 5.42. The van der Waals surface area contributed by atoms with Gasteiger partial charge in [0, 0.05) is 44.5 Å². The monoisotopic (exact) mass is 434 g/mol. The average Bonchev–Trinajstić information content (AvgIpc) is 2.84. The first kappa shape index (κ1) is 20.9. The summed E-state index contributed by atoms with van der Waals surface area (Å²) in [5, 5.41) is 6.74. The van der Waals surface area contributed by atoms with Crippen LogP contribution in [0.2, 0.25) is 0 Å². The van der Waals surface area contributed by atoms with Crippen molar-refractivity contribution in [3.8, 4) is 5.88 Å². The average molecular weight is 435 g/mol. The van der Waals surface area contributed by atoms with E-state index in [2.05, 4.69) is 54.7 Å². The summed E-state index contributed by atoms with van der Waals surface area (Å²) < 4.78 is 5.40. The van der Waals surface area contributed by atoms with Crippen LogP contribution >= 0.6 is 12.2 Å². The van der Waals surface area contributed by atoms with Gasteiger partial charge in [-0.05, 0) is 29.9 Å². The highest BCUT2D eigenvalue weighted by Crippen LogP contribution is 2.23. The Balaban J connectivity index is 1.39. The minimum atomic E-state index is 0.422. The van der Waals surface area contributed by atoms with Crippen molar-refractivity contribution in [1.29, 1.82) is 0 Å². The van der Waals surface area contributed by atoms with Gasteiger partial charge < -0.3 is 25.2 Å². The van der Waals surface area contributed by atoms with Gasteiger partial charge in [-0.1, -0.05) is 48.5 Å². The fourth-order valence-corrected chi connectivity index (χ4v) is 3.66. The van der Waals surface area contributed by atoms with Crippen LogP contribution in [-0.4, -0.2) is 48.4 Å². The molecule has 1 fully saturated rings. The smallest absolute Gasteiger partial charge is 0.234 e. The summed E-state index contributed by atoms with van der Waals surface area (Å²) in [5.74, 6) is 1.75. The molecule has 1 aliphatic rings. The fraction of sp³-hybridized carbons (Fsp3) is 0.261. The molecule has 1 aromatic heterocycles. The molecule has 4 rings (SSSR count). The third kappa shape index (κ3) is 5.61. The number of nitrogens with zero attached hydrogens (tertiary/aromatic N) is 4. The van der Waals surface area contributed by atoms with Crippen molar-refractivity contribution in [3.63, 3.8) is 0 Å². The number of methoxy groups -OCH3 is 1. The lowest BCUT2D eigenvalue weighted by atomic mass is 10.2. The Hall–Kier alpha value is -3.39. The molecule has 0 unspecified atom stereocenters. The standard InChI is InChI=1S/C23H26N6OS/c1-30-21-16-20(29-14-12-28(13-15-29)19-10-6-3-7-11-19)25-22(26-21)27-23(31)24-17-18-8-4-2-5-9-18/h2-11,16H,12-15,17H2,1H3,(H2,24,25,26,27,31). The second kappa shape index (κ2) is 10.1. The minimum Gasteiger partial charge on any atom is -0.481 e. The maximum atomic E-state index is 5.42. The van der Waals surface area contributed by atoms with Crippen molar-refractivity contribution in [2.24, 2.45) is 0 Å². The molecule has 2 aromatic carbocycles. The number of aromatic nitrogens is 2. The van der Waals surface area contributed by atoms with Crippen molar-refractivity contribution in [2.75, 3.05) is 48.4 Å². The van der Waals surface area contributed by atoms with E-state index < -0.39 is 0 Å². The normalized spacial score (nSPS) is 13.6. The zero-order valence-electron chi connectivity index (χ0n) is 17.5. The second-order valence-electron chi connectivity index (χ2n) is 7.20. The summed E-state index contributed by atoms with van der Waals surface area (Å²) in [5.41, 5.74) is 2.40. The van der Waals surface area contributed by atoms with Gasteiger partial charge in [-0.2, -0.15) is 9.97 Å². The molecule has 2 heterocycles. The molecular formula is C23H26N6OS. The van der Waals surface area contributed by atoms with Crippen LogP contribution in [0.4, 0.5) is 17.5 Å². The Bertz CT molecular complexity index is 993. The summed E-state index contributed by atoms with van der Waals surface area (Å²) in [6, 6.07) is 22.4. The summed E-state index contributed by atoms with van der Waals surface area (Å²) in [7, 11) is 1.61. The topological polar surface area (TPSA) is 65.6 Å². The number of anilines is 3. The molecule has 0 saturated carbocycles. The molecule has 0 radical (unpaired) electrons. The number of thiocarbonyl (C=S) groups is 1. The summed E-state index contributed by atoms with van der Waals surface area (Å²) in [6.45, 7) is 4.22. The Kier molecular flexibility index (Phi) is 6.78. The molecule has 0 aliphatic carbocycles. The van der Waals surface area contributed by atoms with Crippen LogP contribution < -0.4 is 25.2 Å². The number of hydrogen-bond acceptors (Lipinski definition) is 6. The lowest BCUT2D eigenvalue weighted by Gasteiger charge is -2.36. The van der Waals surface area contributed by atoms with Gasteiger partial charge in [-0.3, -0.25) is 0 Å². The van der Waals surface area contributed by atoms with E-state index >= 15 is 0 Å². The SMILES string of the molecule is COc1cc(N2CCN(c3ccccc3)CC2)nc(NC(=S)NCc2ccccc2)n1. The van der Waals surface area contributed by atoms with Gasteiger partial charge in [0.2, 0.25) is 11.8 Å². The van der Waals surface area contributed by atoms with Crippen molar-refractivity contribution in [2.45, 2.75) is 6.54 Å². The Morgan fingerprint density at radius 2 is 1.58 bits per heavy atom. The highest BCUT2D eigenvalue weighted by atomic mass is 32.1. The third-order valence-electron chi connectivity index (χ3n) is 5.14. The molecule has 7 nitrogen and oxygen atoms in total. The zero-order chi connectivity index (χ0) is 21.5. The molecule has 8 heteroatoms. The number of rotatable bonds is 6. The van der Waals surface area contributed by atoms with E-state index in [9.17, 15) is 0 Å². The van der Waals surface area contributed by atoms with E-state index in [0.717, 1.165) is 37.6 Å². The van der Waals surface area contributed by atoms with E-state index in [0.29, 0.717) is 23.5 Å². The Morgan fingerprint density at radius 3 is 2.26 bits per heavy atom. The first-order chi connectivity index (χ1) is 15.2. The number of nitrogens with one attached hydrogen (secondary N) is 2. The van der Waals surface area contributed by atoms with Gasteiger partial charge in [0.15, 0.2) is 5.11 Å². The predicted octanol–water partition coefficient (Wildman–Crippen LogP) is 3.30. The van der Waals surface area contributed by atoms with Crippen molar-refractivity contribution in [3.05, 3.63) is 72.3 Å². The van der Waals surface area contributed by atoms with Crippen molar-refractivity contribution in [1.82, 2.24) is 15.3 Å². The van der Waals surface area contributed by atoms with E-state index in [1.807, 2.05) is 42.5 Å². The number of piperazine rings is 1. The summed E-state index contributed by atoms with van der Waals surface area (Å²) in [4.78, 5) is 13.7. The number of benzene rings is 2. The molecular weight excluding hydrogens is 408 g/mol. The number of hydrogen-bond donors (Lipinski definition) is 2. The van der Waals surface area contributed by atoms with Crippen LogP contribution in [0.3, 0.4) is 0 Å². The molecule has 0 amide bonds. The van der Waals surface area contributed by atoms with Gasteiger partial charge in [0.1, 0.15) is 5.82 Å². The molecule has 3 aromatic rings. The first-order valence-corrected chi connectivity index (χ1v) is 10.7. The first-order valence-electron chi connectivity index (χ1n) is 10.3. The van der Waals surface area contributed by atoms with Gasteiger partial charge in [-0.15, -0.1) is 0 Å². The fourth-order valence-electron chi connectivity index (χ4n) is 3.49. The highest BCUT2D eigenvalue weighted by Gasteiger charge is 2.20. The third-order valence-corrected chi connectivity index (χ3v) is 5.39. The molecule has 1 saturated heterocycles. The van der Waals surface area contributed by atoms with Crippen LogP contribution in [0.15, 0.2) is 66.7 Å². The van der Waals surface area contributed by atoms with Crippen LogP contribution in [0.5, 0.6) is 5.88 Å². The van der Waals surface area contributed by atoms with Crippen LogP contribution in [0.25, 0.3) is 0 Å². The van der Waals surface area contributed by atoms with Gasteiger partial charge in [0.25, 0.3) is 0 Å². The van der Waals surface area contributed by atoms with E-state index in [-0.39, 0.29) is 0 Å². The quantitative estimate of drug-likeness (QED) is 0.573. The van der Waals surface area contributed by atoms with Crippen LogP contribution in [0, 0.1) is 0 Å². The number of para-hydroxylation sites is 1. The van der Waals surface area contributed by atoms with E-state index in [4.69, 9.17) is 17.0 Å². The highest BCUT2D eigenvalue weighted by molar-refractivity contribution is 7.80. The summed E-state index contributed by atoms with van der Waals surface area (Å²) in [6.07, 6.45) is 0.